The number of aryl methyl sites for hydroxylation is 1. The highest BCUT2D eigenvalue weighted by Crippen LogP contribution is 2.47. The molecule has 0 aliphatic carbocycles. The van der Waals surface area contributed by atoms with Crippen molar-refractivity contribution in [3.05, 3.63) is 37.5 Å². The van der Waals surface area contributed by atoms with Crippen LogP contribution < -0.4 is 4.74 Å². The number of aliphatic imine (C=N–C) groups is 1. The molecular formula is C21H25Cl2N3O2S. The first-order valence-electron chi connectivity index (χ1n) is 9.91. The van der Waals surface area contributed by atoms with Crippen LogP contribution in [0.15, 0.2) is 16.4 Å². The van der Waals surface area contributed by atoms with Crippen LogP contribution in [0.2, 0.25) is 9.36 Å². The number of amidine groups is 1. The molecule has 1 fully saturated rings. The lowest BCUT2D eigenvalue weighted by atomic mass is 10.1. The molecule has 2 aliphatic heterocycles. The molecule has 4 rings (SSSR count). The van der Waals surface area contributed by atoms with Gasteiger partial charge in [0, 0.05) is 43.2 Å². The van der Waals surface area contributed by atoms with Crippen LogP contribution in [0.25, 0.3) is 0 Å². The molecule has 0 bridgehead atoms. The Morgan fingerprint density at radius 3 is 2.66 bits per heavy atom. The van der Waals surface area contributed by atoms with Gasteiger partial charge in [-0.05, 0) is 50.4 Å². The highest BCUT2D eigenvalue weighted by molar-refractivity contribution is 7.15. The number of benzene rings is 1. The maximum atomic E-state index is 9.00. The molecule has 2 aromatic rings. The molecular weight excluding hydrogens is 429 g/mol. The number of nitrogens with zero attached hydrogens (tertiary/aromatic N) is 3. The number of hydrogen-bond acceptors (Lipinski definition) is 6. The molecule has 0 atom stereocenters. The van der Waals surface area contributed by atoms with Crippen molar-refractivity contribution in [1.29, 1.82) is 0 Å². The summed E-state index contributed by atoms with van der Waals surface area (Å²) in [4.78, 5) is 9.81. The molecule has 0 amide bonds. The van der Waals surface area contributed by atoms with E-state index in [1.165, 1.54) is 11.3 Å². The molecule has 0 saturated carbocycles. The largest absolute Gasteiger partial charge is 0.452 e. The van der Waals surface area contributed by atoms with Gasteiger partial charge < -0.3 is 14.7 Å². The van der Waals surface area contributed by atoms with Crippen molar-refractivity contribution in [2.45, 2.75) is 26.7 Å². The molecule has 1 N–H and O–H groups in total. The van der Waals surface area contributed by atoms with Crippen LogP contribution in [0.5, 0.6) is 11.5 Å². The zero-order valence-electron chi connectivity index (χ0n) is 16.7. The van der Waals surface area contributed by atoms with Gasteiger partial charge in [-0.15, -0.1) is 11.3 Å². The minimum absolute atomic E-state index is 0.263. The second kappa shape index (κ2) is 8.82. The number of aliphatic hydroxyl groups excluding tert-OH is 1. The summed E-state index contributed by atoms with van der Waals surface area (Å²) in [5, 5.41) is 11.7. The van der Waals surface area contributed by atoms with E-state index in [1.807, 2.05) is 25.3 Å². The number of unbranched alkanes of at least 4 members (excludes halogenated alkanes) is 1. The first kappa shape index (κ1) is 20.9. The molecule has 2 aliphatic rings. The maximum Gasteiger partial charge on any atom is 0.167 e. The Hall–Kier alpha value is -1.31. The normalized spacial score (nSPS) is 16.7. The second-order valence-corrected chi connectivity index (χ2v) is 9.39. The van der Waals surface area contributed by atoms with Crippen LogP contribution in [0.3, 0.4) is 0 Å². The van der Waals surface area contributed by atoms with Gasteiger partial charge in [-0.25, -0.2) is 4.99 Å². The highest BCUT2D eigenvalue weighted by atomic mass is 35.5. The van der Waals surface area contributed by atoms with Crippen LogP contribution in [0.4, 0.5) is 5.69 Å². The number of ether oxygens (including phenoxy) is 1. The zero-order valence-corrected chi connectivity index (χ0v) is 19.0. The lowest BCUT2D eigenvalue weighted by molar-refractivity contribution is 0.174. The van der Waals surface area contributed by atoms with Gasteiger partial charge in [0.25, 0.3) is 0 Å². The molecule has 8 heteroatoms. The number of fused-ring (bicyclic) bond motifs is 2. The first-order valence-corrected chi connectivity index (χ1v) is 11.5. The van der Waals surface area contributed by atoms with E-state index in [4.69, 9.17) is 38.0 Å². The number of thiophene rings is 1. The summed E-state index contributed by atoms with van der Waals surface area (Å²) in [6, 6.07) is 1.94. The molecule has 1 saturated heterocycles. The number of rotatable bonds is 4. The van der Waals surface area contributed by atoms with Crippen molar-refractivity contribution < 1.29 is 9.84 Å². The summed E-state index contributed by atoms with van der Waals surface area (Å²) in [6.45, 7) is 8.96. The van der Waals surface area contributed by atoms with E-state index in [0.29, 0.717) is 15.8 Å². The summed E-state index contributed by atoms with van der Waals surface area (Å²) >= 11 is 14.5. The van der Waals surface area contributed by atoms with Crippen molar-refractivity contribution in [2.75, 3.05) is 39.3 Å². The van der Waals surface area contributed by atoms with E-state index in [0.717, 1.165) is 78.8 Å². The third kappa shape index (κ3) is 4.14. The molecule has 29 heavy (non-hydrogen) atoms. The first-order chi connectivity index (χ1) is 14.0. The van der Waals surface area contributed by atoms with E-state index in [1.54, 1.807) is 0 Å². The number of halogens is 2. The van der Waals surface area contributed by atoms with Gasteiger partial charge >= 0.3 is 0 Å². The molecule has 3 heterocycles. The Balaban J connectivity index is 1.66. The van der Waals surface area contributed by atoms with Gasteiger partial charge in [-0.2, -0.15) is 0 Å². The Kier molecular flexibility index (Phi) is 6.37. The molecule has 5 nitrogen and oxygen atoms in total. The summed E-state index contributed by atoms with van der Waals surface area (Å²) in [5.41, 5.74) is 3.61. The summed E-state index contributed by atoms with van der Waals surface area (Å²) in [6.07, 6.45) is 1.89. The Morgan fingerprint density at radius 2 is 1.93 bits per heavy atom. The van der Waals surface area contributed by atoms with Crippen LogP contribution in [-0.4, -0.2) is 60.1 Å². The Bertz CT molecular complexity index is 936. The molecule has 1 aromatic carbocycles. The lowest BCUT2D eigenvalue weighted by Gasteiger charge is -2.36. The lowest BCUT2D eigenvalue weighted by Crippen LogP contribution is -2.49. The third-order valence-corrected chi connectivity index (χ3v) is 7.31. The van der Waals surface area contributed by atoms with Crippen LogP contribution >= 0.6 is 34.5 Å². The van der Waals surface area contributed by atoms with Crippen molar-refractivity contribution >= 4 is 46.1 Å². The number of aliphatic hydroxyl groups is 1. The van der Waals surface area contributed by atoms with E-state index < -0.39 is 0 Å². The Morgan fingerprint density at radius 1 is 1.17 bits per heavy atom. The van der Waals surface area contributed by atoms with Crippen LogP contribution in [0, 0.1) is 13.8 Å². The monoisotopic (exact) mass is 453 g/mol. The predicted octanol–water partition coefficient (Wildman–Crippen LogP) is 5.25. The Labute approximate surface area is 185 Å². The third-order valence-electron chi connectivity index (χ3n) is 5.54. The van der Waals surface area contributed by atoms with Crippen molar-refractivity contribution in [1.82, 2.24) is 9.80 Å². The van der Waals surface area contributed by atoms with Gasteiger partial charge in [0.15, 0.2) is 11.5 Å². The van der Waals surface area contributed by atoms with Gasteiger partial charge in [-0.1, -0.05) is 23.2 Å². The predicted molar refractivity (Wildman–Crippen MR) is 121 cm³/mol. The second-order valence-electron chi connectivity index (χ2n) is 7.53. The zero-order chi connectivity index (χ0) is 20.5. The average Bonchev–Trinajstić information content (AvgIpc) is 2.98. The molecule has 0 radical (unpaired) electrons. The van der Waals surface area contributed by atoms with Crippen LogP contribution in [0.1, 0.15) is 29.5 Å². The average molecular weight is 454 g/mol. The smallest absolute Gasteiger partial charge is 0.167 e. The van der Waals surface area contributed by atoms with Crippen molar-refractivity contribution in [2.24, 2.45) is 4.99 Å². The molecule has 156 valence electrons. The van der Waals surface area contributed by atoms with Crippen molar-refractivity contribution in [3.63, 3.8) is 0 Å². The van der Waals surface area contributed by atoms with E-state index >= 15 is 0 Å². The maximum absolute atomic E-state index is 9.00. The molecule has 0 spiro atoms. The highest BCUT2D eigenvalue weighted by Gasteiger charge is 2.29. The van der Waals surface area contributed by atoms with Gasteiger partial charge in [0.1, 0.15) is 15.9 Å². The summed E-state index contributed by atoms with van der Waals surface area (Å²) in [5.74, 6) is 2.28. The van der Waals surface area contributed by atoms with Gasteiger partial charge in [0.05, 0.1) is 5.56 Å². The van der Waals surface area contributed by atoms with Gasteiger partial charge in [-0.3, -0.25) is 4.90 Å². The fraction of sp³-hybridized carbons (Fsp3) is 0.476. The van der Waals surface area contributed by atoms with Crippen molar-refractivity contribution in [3.8, 4) is 11.5 Å². The van der Waals surface area contributed by atoms with Gasteiger partial charge in [0.2, 0.25) is 0 Å². The molecule has 0 unspecified atom stereocenters. The van der Waals surface area contributed by atoms with Crippen LogP contribution in [-0.2, 0) is 0 Å². The SMILES string of the molecule is Cc1cc2c(c(C)c1Cl)N=C(N1CCN(CCCCO)CC1)c1csc(Cl)c1O2. The fourth-order valence-corrected chi connectivity index (χ4v) is 4.96. The summed E-state index contributed by atoms with van der Waals surface area (Å²) < 4.78 is 6.87. The topological polar surface area (TPSA) is 48.3 Å². The quantitative estimate of drug-likeness (QED) is 0.642. The minimum atomic E-state index is 0.263. The minimum Gasteiger partial charge on any atom is -0.452 e. The molecule has 1 aromatic heterocycles. The number of piperazine rings is 1. The number of hydrogen-bond donors (Lipinski definition) is 1. The fourth-order valence-electron chi connectivity index (χ4n) is 3.85. The van der Waals surface area contributed by atoms with E-state index in [2.05, 4.69) is 9.80 Å². The van der Waals surface area contributed by atoms with E-state index in [-0.39, 0.29) is 6.61 Å². The van der Waals surface area contributed by atoms with E-state index in [9.17, 15) is 0 Å². The standard InChI is InChI=1S/C21H25Cl2N3O2S/c1-13-11-16-18(14(2)17(13)22)24-21(15-12-29-20(23)19(15)28-16)26-8-6-25(7-9-26)5-3-4-10-27/h11-12,27H,3-10H2,1-2H3. The summed E-state index contributed by atoms with van der Waals surface area (Å²) in [7, 11) is 0.